The van der Waals surface area contributed by atoms with Crippen molar-refractivity contribution in [3.05, 3.63) is 24.3 Å². The quantitative estimate of drug-likeness (QED) is 0.717. The summed E-state index contributed by atoms with van der Waals surface area (Å²) < 4.78 is 7.01. The molecule has 2 rings (SSSR count). The average Bonchev–Trinajstić information content (AvgIpc) is 2.57. The molecule has 0 atom stereocenters. The summed E-state index contributed by atoms with van der Waals surface area (Å²) in [6.45, 7) is 4.25. The molecule has 0 aliphatic heterocycles. The fourth-order valence-corrected chi connectivity index (χ4v) is 1.31. The van der Waals surface area contributed by atoms with Crippen LogP contribution in [-0.2, 0) is 7.05 Å². The summed E-state index contributed by atoms with van der Waals surface area (Å²) in [6, 6.07) is 8.59. The molecule has 82 valence electrons. The molecule has 0 bridgehead atoms. The van der Waals surface area contributed by atoms with Gasteiger partial charge in [0.25, 0.3) is 6.01 Å². The molecule has 0 saturated carbocycles. The Bertz CT molecular complexity index is 420. The van der Waals surface area contributed by atoms with Crippen LogP contribution in [0.25, 0.3) is 11.0 Å². The molecule has 0 spiro atoms. The van der Waals surface area contributed by atoms with E-state index in [2.05, 4.69) is 18.8 Å². The van der Waals surface area contributed by atoms with E-state index in [1.54, 1.807) is 7.11 Å². The van der Waals surface area contributed by atoms with Crippen LogP contribution < -0.4 is 4.74 Å². The molecule has 0 radical (unpaired) electrons. The number of nitrogens with zero attached hydrogens (tertiary/aromatic N) is 2. The smallest absolute Gasteiger partial charge is 0.296 e. The highest BCUT2D eigenvalue weighted by atomic mass is 16.5. The summed E-state index contributed by atoms with van der Waals surface area (Å²) >= 11 is 0. The molecular formula is C12H18N2O. The summed E-state index contributed by atoms with van der Waals surface area (Å²) in [4.78, 5) is 4.27. The van der Waals surface area contributed by atoms with Gasteiger partial charge in [0, 0.05) is 7.05 Å². The van der Waals surface area contributed by atoms with Crippen LogP contribution in [-0.4, -0.2) is 16.7 Å². The Balaban J connectivity index is 0.000000337. The normalized spacial score (nSPS) is 9.60. The number of rotatable bonds is 1. The van der Waals surface area contributed by atoms with Gasteiger partial charge in [0.05, 0.1) is 18.1 Å². The number of hydrogen-bond donors (Lipinski definition) is 0. The minimum absolute atomic E-state index is 0.649. The lowest BCUT2D eigenvalue weighted by Gasteiger charge is -1.97. The third-order valence-corrected chi connectivity index (χ3v) is 1.93. The Morgan fingerprint density at radius 3 is 2.40 bits per heavy atom. The molecule has 15 heavy (non-hydrogen) atoms. The number of benzene rings is 1. The zero-order valence-corrected chi connectivity index (χ0v) is 9.82. The molecule has 0 aliphatic carbocycles. The van der Waals surface area contributed by atoms with Crippen molar-refractivity contribution in [2.75, 3.05) is 7.11 Å². The zero-order valence-electron chi connectivity index (χ0n) is 9.82. The van der Waals surface area contributed by atoms with Crippen LogP contribution in [0, 0.1) is 0 Å². The van der Waals surface area contributed by atoms with Gasteiger partial charge in [-0.1, -0.05) is 32.4 Å². The Hall–Kier alpha value is -1.51. The lowest BCUT2D eigenvalue weighted by molar-refractivity contribution is 0.368. The van der Waals surface area contributed by atoms with E-state index in [1.165, 1.54) is 6.42 Å². The number of fused-ring (bicyclic) bond motifs is 1. The van der Waals surface area contributed by atoms with Crippen molar-refractivity contribution in [1.82, 2.24) is 9.55 Å². The van der Waals surface area contributed by atoms with Gasteiger partial charge in [-0.3, -0.25) is 4.57 Å². The number of aryl methyl sites for hydroxylation is 1. The van der Waals surface area contributed by atoms with Crippen molar-refractivity contribution in [1.29, 1.82) is 0 Å². The Kier molecular flexibility index (Phi) is 4.16. The molecule has 0 saturated heterocycles. The molecule has 0 N–H and O–H groups in total. The maximum Gasteiger partial charge on any atom is 0.296 e. The zero-order chi connectivity index (χ0) is 11.3. The van der Waals surface area contributed by atoms with Crippen LogP contribution in [0.2, 0.25) is 0 Å². The number of ether oxygens (including phenoxy) is 1. The van der Waals surface area contributed by atoms with Crippen molar-refractivity contribution < 1.29 is 4.74 Å². The number of imidazole rings is 1. The summed E-state index contributed by atoms with van der Waals surface area (Å²) in [7, 11) is 3.56. The Morgan fingerprint density at radius 1 is 1.27 bits per heavy atom. The molecule has 1 aromatic carbocycles. The minimum Gasteiger partial charge on any atom is -0.468 e. The second-order valence-corrected chi connectivity index (χ2v) is 3.35. The Morgan fingerprint density at radius 2 is 1.87 bits per heavy atom. The van der Waals surface area contributed by atoms with E-state index < -0.39 is 0 Å². The van der Waals surface area contributed by atoms with Crippen molar-refractivity contribution in [2.24, 2.45) is 7.05 Å². The van der Waals surface area contributed by atoms with E-state index >= 15 is 0 Å². The van der Waals surface area contributed by atoms with E-state index in [9.17, 15) is 0 Å². The molecular weight excluding hydrogens is 188 g/mol. The van der Waals surface area contributed by atoms with E-state index in [0.29, 0.717) is 6.01 Å². The number of methoxy groups -OCH3 is 1. The highest BCUT2D eigenvalue weighted by molar-refractivity contribution is 5.76. The first kappa shape index (κ1) is 11.6. The van der Waals surface area contributed by atoms with Crippen molar-refractivity contribution in [2.45, 2.75) is 20.3 Å². The first-order valence-electron chi connectivity index (χ1n) is 5.20. The van der Waals surface area contributed by atoms with Crippen molar-refractivity contribution in [3.63, 3.8) is 0 Å². The van der Waals surface area contributed by atoms with Crippen LogP contribution in [0.15, 0.2) is 24.3 Å². The third kappa shape index (κ3) is 2.49. The molecule has 1 heterocycles. The SMILES string of the molecule is CCC.COc1nc2ccccc2n1C. The Labute approximate surface area is 90.7 Å². The molecule has 2 aromatic rings. The fraction of sp³-hybridized carbons (Fsp3) is 0.417. The largest absolute Gasteiger partial charge is 0.468 e. The standard InChI is InChI=1S/C9H10N2O.C3H8/c1-11-8-6-4-3-5-7(8)10-9(11)12-2;1-3-2/h3-6H,1-2H3;3H2,1-2H3. The second kappa shape index (κ2) is 5.39. The molecule has 0 amide bonds. The molecule has 3 nitrogen and oxygen atoms in total. The van der Waals surface area contributed by atoms with Crippen LogP contribution in [0.5, 0.6) is 6.01 Å². The van der Waals surface area contributed by atoms with Crippen molar-refractivity contribution >= 4 is 11.0 Å². The van der Waals surface area contributed by atoms with Crippen LogP contribution >= 0.6 is 0 Å². The van der Waals surface area contributed by atoms with Crippen molar-refractivity contribution in [3.8, 4) is 6.01 Å². The van der Waals surface area contributed by atoms with Crippen LogP contribution in [0.3, 0.4) is 0 Å². The minimum atomic E-state index is 0.649. The van der Waals surface area contributed by atoms with Gasteiger partial charge in [-0.15, -0.1) is 0 Å². The van der Waals surface area contributed by atoms with Gasteiger partial charge in [-0.2, -0.15) is 4.98 Å². The maximum absolute atomic E-state index is 5.08. The summed E-state index contributed by atoms with van der Waals surface area (Å²) in [5.74, 6) is 0. The van der Waals surface area contributed by atoms with Gasteiger partial charge in [0.2, 0.25) is 0 Å². The van der Waals surface area contributed by atoms with E-state index in [0.717, 1.165) is 11.0 Å². The highest BCUT2D eigenvalue weighted by Crippen LogP contribution is 2.18. The average molecular weight is 206 g/mol. The van der Waals surface area contributed by atoms with Gasteiger partial charge < -0.3 is 4.74 Å². The van der Waals surface area contributed by atoms with Crippen LogP contribution in [0.1, 0.15) is 20.3 Å². The summed E-state index contributed by atoms with van der Waals surface area (Å²) in [5, 5.41) is 0. The predicted octanol–water partition coefficient (Wildman–Crippen LogP) is 3.00. The molecule has 0 fully saturated rings. The number of para-hydroxylation sites is 2. The van der Waals surface area contributed by atoms with E-state index in [1.807, 2.05) is 35.9 Å². The van der Waals surface area contributed by atoms with Gasteiger partial charge in [0.1, 0.15) is 0 Å². The maximum atomic E-state index is 5.08. The fourth-order valence-electron chi connectivity index (χ4n) is 1.31. The molecule has 3 heteroatoms. The molecule has 0 aliphatic rings. The second-order valence-electron chi connectivity index (χ2n) is 3.35. The number of hydrogen-bond acceptors (Lipinski definition) is 2. The number of aromatic nitrogens is 2. The summed E-state index contributed by atoms with van der Waals surface area (Å²) in [5.41, 5.74) is 2.06. The monoisotopic (exact) mass is 206 g/mol. The van der Waals surface area contributed by atoms with E-state index in [4.69, 9.17) is 4.74 Å². The molecule has 1 aromatic heterocycles. The van der Waals surface area contributed by atoms with Gasteiger partial charge in [-0.05, 0) is 12.1 Å². The third-order valence-electron chi connectivity index (χ3n) is 1.93. The lowest BCUT2D eigenvalue weighted by atomic mass is 10.3. The van der Waals surface area contributed by atoms with Gasteiger partial charge in [-0.25, -0.2) is 0 Å². The van der Waals surface area contributed by atoms with Gasteiger partial charge >= 0.3 is 0 Å². The first-order chi connectivity index (χ1) is 7.24. The van der Waals surface area contributed by atoms with Crippen LogP contribution in [0.4, 0.5) is 0 Å². The lowest BCUT2D eigenvalue weighted by Crippen LogP contribution is -1.93. The molecule has 0 unspecified atom stereocenters. The van der Waals surface area contributed by atoms with Gasteiger partial charge in [0.15, 0.2) is 0 Å². The topological polar surface area (TPSA) is 27.1 Å². The predicted molar refractivity (Wildman–Crippen MR) is 63.2 cm³/mol. The van der Waals surface area contributed by atoms with E-state index in [-0.39, 0.29) is 0 Å². The first-order valence-corrected chi connectivity index (χ1v) is 5.20. The highest BCUT2D eigenvalue weighted by Gasteiger charge is 2.04. The summed E-state index contributed by atoms with van der Waals surface area (Å²) in [6.07, 6.45) is 1.25.